The SMILES string of the molecule is CCCCC/C=C\C/C=C\CCCCCCCC(=O)NCCN. The van der Waals surface area contributed by atoms with Crippen molar-refractivity contribution < 1.29 is 4.79 Å². The molecule has 0 aromatic carbocycles. The van der Waals surface area contributed by atoms with Crippen LogP contribution in [0.5, 0.6) is 0 Å². The van der Waals surface area contributed by atoms with Crippen molar-refractivity contribution >= 4 is 5.91 Å². The van der Waals surface area contributed by atoms with Crippen molar-refractivity contribution in [2.24, 2.45) is 5.73 Å². The number of nitrogens with one attached hydrogen (secondary N) is 1. The van der Waals surface area contributed by atoms with Gasteiger partial charge in [0, 0.05) is 19.5 Å². The van der Waals surface area contributed by atoms with Gasteiger partial charge >= 0.3 is 0 Å². The lowest BCUT2D eigenvalue weighted by atomic mass is 10.1. The van der Waals surface area contributed by atoms with Gasteiger partial charge in [-0.15, -0.1) is 0 Å². The summed E-state index contributed by atoms with van der Waals surface area (Å²) in [6.07, 6.45) is 23.2. The minimum absolute atomic E-state index is 0.140. The Morgan fingerprint density at radius 1 is 0.870 bits per heavy atom. The molecule has 0 aliphatic rings. The normalized spacial score (nSPS) is 11.6. The number of allylic oxidation sites excluding steroid dienone is 4. The van der Waals surface area contributed by atoms with Gasteiger partial charge in [0.1, 0.15) is 0 Å². The van der Waals surface area contributed by atoms with Crippen LogP contribution in [-0.2, 0) is 4.79 Å². The van der Waals surface area contributed by atoms with E-state index < -0.39 is 0 Å². The first kappa shape index (κ1) is 21.9. The summed E-state index contributed by atoms with van der Waals surface area (Å²) in [5, 5.41) is 2.80. The van der Waals surface area contributed by atoms with E-state index in [1.165, 1.54) is 51.4 Å². The number of unbranched alkanes of at least 4 members (excludes halogenated alkanes) is 8. The first-order chi connectivity index (χ1) is 11.3. The third kappa shape index (κ3) is 18.9. The van der Waals surface area contributed by atoms with Crippen LogP contribution in [0.2, 0.25) is 0 Å². The van der Waals surface area contributed by atoms with Crippen LogP contribution in [0.4, 0.5) is 0 Å². The summed E-state index contributed by atoms with van der Waals surface area (Å²) in [6, 6.07) is 0. The highest BCUT2D eigenvalue weighted by atomic mass is 16.1. The number of carbonyl (C=O) groups is 1. The maximum absolute atomic E-state index is 11.4. The number of hydrogen-bond donors (Lipinski definition) is 2. The zero-order valence-electron chi connectivity index (χ0n) is 15.2. The van der Waals surface area contributed by atoms with Crippen LogP contribution in [0.3, 0.4) is 0 Å². The van der Waals surface area contributed by atoms with Gasteiger partial charge in [-0.3, -0.25) is 4.79 Å². The standard InChI is InChI=1S/C20H38N2O/c1-2-3-4-5-6-7-8-9-10-11-12-13-14-15-16-17-20(23)22-19-18-21/h6-7,9-10H,2-5,8,11-19,21H2,1H3,(H,22,23)/b7-6-,10-9-. The number of hydrogen-bond acceptors (Lipinski definition) is 2. The highest BCUT2D eigenvalue weighted by Crippen LogP contribution is 2.08. The summed E-state index contributed by atoms with van der Waals surface area (Å²) in [6.45, 7) is 3.36. The second-order valence-corrected chi connectivity index (χ2v) is 6.12. The summed E-state index contributed by atoms with van der Waals surface area (Å²) in [4.78, 5) is 11.4. The Morgan fingerprint density at radius 3 is 2.13 bits per heavy atom. The molecule has 0 heterocycles. The van der Waals surface area contributed by atoms with E-state index in [0.717, 1.165) is 19.3 Å². The average Bonchev–Trinajstić information content (AvgIpc) is 2.56. The second kappa shape index (κ2) is 19.0. The molecule has 0 unspecified atom stereocenters. The lowest BCUT2D eigenvalue weighted by Gasteiger charge is -2.03. The minimum atomic E-state index is 0.140. The van der Waals surface area contributed by atoms with E-state index in [1.807, 2.05) is 0 Å². The molecular formula is C20H38N2O. The Bertz CT molecular complexity index is 311. The fourth-order valence-electron chi connectivity index (χ4n) is 2.40. The van der Waals surface area contributed by atoms with Crippen molar-refractivity contribution in [3.05, 3.63) is 24.3 Å². The number of rotatable bonds is 16. The number of nitrogens with two attached hydrogens (primary N) is 1. The van der Waals surface area contributed by atoms with Gasteiger partial charge in [0.15, 0.2) is 0 Å². The molecule has 0 atom stereocenters. The van der Waals surface area contributed by atoms with Crippen molar-refractivity contribution in [3.63, 3.8) is 0 Å². The van der Waals surface area contributed by atoms with Gasteiger partial charge in [-0.25, -0.2) is 0 Å². The first-order valence-corrected chi connectivity index (χ1v) is 9.58. The second-order valence-electron chi connectivity index (χ2n) is 6.12. The monoisotopic (exact) mass is 322 g/mol. The van der Waals surface area contributed by atoms with Crippen LogP contribution in [0.1, 0.15) is 84.0 Å². The molecule has 0 bridgehead atoms. The van der Waals surface area contributed by atoms with Gasteiger partial charge in [-0.2, -0.15) is 0 Å². The largest absolute Gasteiger partial charge is 0.355 e. The molecule has 0 fully saturated rings. The molecule has 3 nitrogen and oxygen atoms in total. The molecule has 0 saturated heterocycles. The van der Waals surface area contributed by atoms with E-state index in [0.29, 0.717) is 19.5 Å². The topological polar surface area (TPSA) is 55.1 Å². The Hall–Kier alpha value is -1.09. The Balaban J connectivity index is 3.23. The molecule has 23 heavy (non-hydrogen) atoms. The molecule has 1 amide bonds. The van der Waals surface area contributed by atoms with Gasteiger partial charge in [0.05, 0.1) is 0 Å². The minimum Gasteiger partial charge on any atom is -0.355 e. The van der Waals surface area contributed by atoms with Gasteiger partial charge in [-0.05, 0) is 38.5 Å². The van der Waals surface area contributed by atoms with Gasteiger partial charge in [0.25, 0.3) is 0 Å². The molecule has 0 aromatic rings. The Kier molecular flexibility index (Phi) is 18.1. The summed E-state index contributed by atoms with van der Waals surface area (Å²) < 4.78 is 0. The van der Waals surface area contributed by atoms with E-state index in [-0.39, 0.29) is 5.91 Å². The molecular weight excluding hydrogens is 284 g/mol. The van der Waals surface area contributed by atoms with Gasteiger partial charge < -0.3 is 11.1 Å². The summed E-state index contributed by atoms with van der Waals surface area (Å²) in [5.41, 5.74) is 5.34. The van der Waals surface area contributed by atoms with Crippen LogP contribution in [0.25, 0.3) is 0 Å². The fourth-order valence-corrected chi connectivity index (χ4v) is 2.40. The van der Waals surface area contributed by atoms with E-state index in [2.05, 4.69) is 36.5 Å². The smallest absolute Gasteiger partial charge is 0.220 e. The average molecular weight is 323 g/mol. The van der Waals surface area contributed by atoms with Crippen molar-refractivity contribution in [2.75, 3.05) is 13.1 Å². The third-order valence-electron chi connectivity index (χ3n) is 3.82. The molecule has 0 aromatic heterocycles. The van der Waals surface area contributed by atoms with Crippen molar-refractivity contribution in [2.45, 2.75) is 84.0 Å². The molecule has 0 spiro atoms. The molecule has 0 rings (SSSR count). The molecule has 0 aliphatic heterocycles. The van der Waals surface area contributed by atoms with Crippen molar-refractivity contribution in [1.29, 1.82) is 0 Å². The van der Waals surface area contributed by atoms with Gasteiger partial charge in [-0.1, -0.05) is 63.3 Å². The molecule has 0 radical (unpaired) electrons. The Labute approximate surface area is 143 Å². The van der Waals surface area contributed by atoms with E-state index in [4.69, 9.17) is 5.73 Å². The lowest BCUT2D eigenvalue weighted by Crippen LogP contribution is -2.28. The summed E-state index contributed by atoms with van der Waals surface area (Å²) in [5.74, 6) is 0.140. The highest BCUT2D eigenvalue weighted by molar-refractivity contribution is 5.75. The maximum atomic E-state index is 11.4. The molecule has 3 N–H and O–H groups in total. The molecule has 0 aliphatic carbocycles. The van der Waals surface area contributed by atoms with E-state index in [9.17, 15) is 4.79 Å². The summed E-state index contributed by atoms with van der Waals surface area (Å²) >= 11 is 0. The van der Waals surface area contributed by atoms with Crippen LogP contribution >= 0.6 is 0 Å². The van der Waals surface area contributed by atoms with Crippen LogP contribution < -0.4 is 11.1 Å². The Morgan fingerprint density at radius 2 is 1.48 bits per heavy atom. The predicted molar refractivity (Wildman–Crippen MR) is 101 cm³/mol. The number of amides is 1. The fraction of sp³-hybridized carbons (Fsp3) is 0.750. The highest BCUT2D eigenvalue weighted by Gasteiger charge is 1.99. The van der Waals surface area contributed by atoms with E-state index in [1.54, 1.807) is 0 Å². The molecule has 134 valence electrons. The van der Waals surface area contributed by atoms with Gasteiger partial charge in [0.2, 0.25) is 5.91 Å². The summed E-state index contributed by atoms with van der Waals surface area (Å²) in [7, 11) is 0. The maximum Gasteiger partial charge on any atom is 0.220 e. The lowest BCUT2D eigenvalue weighted by molar-refractivity contribution is -0.121. The zero-order valence-corrected chi connectivity index (χ0v) is 15.2. The first-order valence-electron chi connectivity index (χ1n) is 9.58. The zero-order chi connectivity index (χ0) is 17.0. The quantitative estimate of drug-likeness (QED) is 0.314. The van der Waals surface area contributed by atoms with Crippen LogP contribution in [0.15, 0.2) is 24.3 Å². The van der Waals surface area contributed by atoms with Crippen LogP contribution in [-0.4, -0.2) is 19.0 Å². The molecule has 0 saturated carbocycles. The van der Waals surface area contributed by atoms with E-state index >= 15 is 0 Å². The predicted octanol–water partition coefficient (Wildman–Crippen LogP) is 4.87. The molecule has 3 heteroatoms. The third-order valence-corrected chi connectivity index (χ3v) is 3.82. The van der Waals surface area contributed by atoms with Crippen molar-refractivity contribution in [1.82, 2.24) is 5.32 Å². The van der Waals surface area contributed by atoms with Crippen LogP contribution in [0, 0.1) is 0 Å². The number of carbonyl (C=O) groups excluding carboxylic acids is 1. The van der Waals surface area contributed by atoms with Crippen molar-refractivity contribution in [3.8, 4) is 0 Å².